The maximum absolute atomic E-state index is 11.5. The summed E-state index contributed by atoms with van der Waals surface area (Å²) >= 11 is 3.32. The summed E-state index contributed by atoms with van der Waals surface area (Å²) in [6.07, 6.45) is 1.63. The van der Waals surface area contributed by atoms with Crippen molar-refractivity contribution in [1.29, 1.82) is 0 Å². The molecule has 0 amide bonds. The molecule has 0 aliphatic heterocycles. The number of benzene rings is 1. The SMILES string of the molecule is Cc1ccccc1-n1c(Br)c[nH]c1=O. The Morgan fingerprint density at radius 1 is 1.36 bits per heavy atom. The number of hydrogen-bond donors (Lipinski definition) is 1. The molecule has 0 fully saturated rings. The number of nitrogens with one attached hydrogen (secondary N) is 1. The smallest absolute Gasteiger partial charge is 0.311 e. The number of nitrogens with zero attached hydrogens (tertiary/aromatic N) is 1. The van der Waals surface area contributed by atoms with Crippen LogP contribution in [0.1, 0.15) is 5.56 Å². The van der Waals surface area contributed by atoms with Crippen LogP contribution in [0.2, 0.25) is 0 Å². The van der Waals surface area contributed by atoms with Gasteiger partial charge in [-0.2, -0.15) is 0 Å². The summed E-state index contributed by atoms with van der Waals surface area (Å²) in [7, 11) is 0. The highest BCUT2D eigenvalue weighted by atomic mass is 79.9. The predicted octanol–water partition coefficient (Wildman–Crippen LogP) is 2.24. The standard InChI is InChI=1S/C10H9BrN2O/c1-7-4-2-3-5-8(7)13-9(11)6-12-10(13)14/h2-6H,1H3,(H,12,14). The highest BCUT2D eigenvalue weighted by molar-refractivity contribution is 9.10. The first-order valence-corrected chi connectivity index (χ1v) is 5.01. The van der Waals surface area contributed by atoms with Crippen molar-refractivity contribution in [2.75, 3.05) is 0 Å². The lowest BCUT2D eigenvalue weighted by molar-refractivity contribution is 0.957. The minimum atomic E-state index is -0.133. The Hall–Kier alpha value is -1.29. The summed E-state index contributed by atoms with van der Waals surface area (Å²) in [6.45, 7) is 1.97. The van der Waals surface area contributed by atoms with Crippen molar-refractivity contribution in [2.45, 2.75) is 6.92 Å². The minimum absolute atomic E-state index is 0.133. The third kappa shape index (κ3) is 1.42. The number of aromatic nitrogens is 2. The first kappa shape index (κ1) is 9.27. The average molecular weight is 253 g/mol. The van der Waals surface area contributed by atoms with E-state index in [0.717, 1.165) is 15.9 Å². The van der Waals surface area contributed by atoms with E-state index in [-0.39, 0.29) is 5.69 Å². The summed E-state index contributed by atoms with van der Waals surface area (Å²) in [5, 5.41) is 0. The number of imidazole rings is 1. The summed E-state index contributed by atoms with van der Waals surface area (Å²) in [5.41, 5.74) is 1.83. The molecule has 0 aliphatic carbocycles. The molecular formula is C10H9BrN2O. The molecule has 0 atom stereocenters. The molecule has 14 heavy (non-hydrogen) atoms. The Morgan fingerprint density at radius 3 is 2.64 bits per heavy atom. The molecule has 0 spiro atoms. The molecular weight excluding hydrogens is 244 g/mol. The number of hydrogen-bond acceptors (Lipinski definition) is 1. The Morgan fingerprint density at radius 2 is 2.07 bits per heavy atom. The first-order valence-electron chi connectivity index (χ1n) is 4.22. The van der Waals surface area contributed by atoms with Gasteiger partial charge in [-0.3, -0.25) is 4.57 Å². The molecule has 0 saturated heterocycles. The van der Waals surface area contributed by atoms with Crippen LogP contribution >= 0.6 is 15.9 Å². The van der Waals surface area contributed by atoms with Crippen LogP contribution < -0.4 is 5.69 Å². The van der Waals surface area contributed by atoms with Crippen molar-refractivity contribution < 1.29 is 0 Å². The Labute approximate surface area is 89.5 Å². The van der Waals surface area contributed by atoms with E-state index in [9.17, 15) is 4.79 Å². The van der Waals surface area contributed by atoms with Gasteiger partial charge in [-0.05, 0) is 34.5 Å². The molecule has 1 heterocycles. The minimum Gasteiger partial charge on any atom is -0.311 e. The van der Waals surface area contributed by atoms with Crippen LogP contribution in [0.25, 0.3) is 5.69 Å². The molecule has 0 bridgehead atoms. The lowest BCUT2D eigenvalue weighted by atomic mass is 10.2. The van der Waals surface area contributed by atoms with Crippen LogP contribution in [-0.4, -0.2) is 9.55 Å². The lowest BCUT2D eigenvalue weighted by Gasteiger charge is -2.05. The van der Waals surface area contributed by atoms with Gasteiger partial charge >= 0.3 is 5.69 Å². The lowest BCUT2D eigenvalue weighted by Crippen LogP contribution is -2.15. The second kappa shape index (κ2) is 3.46. The predicted molar refractivity (Wildman–Crippen MR) is 58.8 cm³/mol. The zero-order chi connectivity index (χ0) is 10.1. The summed E-state index contributed by atoms with van der Waals surface area (Å²) in [5.74, 6) is 0. The Bertz CT molecular complexity index is 513. The van der Waals surface area contributed by atoms with Crippen molar-refractivity contribution in [1.82, 2.24) is 9.55 Å². The first-order chi connectivity index (χ1) is 6.70. The van der Waals surface area contributed by atoms with Crippen molar-refractivity contribution in [3.8, 4) is 5.69 Å². The van der Waals surface area contributed by atoms with Gasteiger partial charge in [0.25, 0.3) is 0 Å². The molecule has 1 aromatic heterocycles. The number of para-hydroxylation sites is 1. The second-order valence-electron chi connectivity index (χ2n) is 3.04. The van der Waals surface area contributed by atoms with Gasteiger partial charge in [0.2, 0.25) is 0 Å². The molecule has 0 radical (unpaired) electrons. The molecule has 0 unspecified atom stereocenters. The van der Waals surface area contributed by atoms with Crippen molar-refractivity contribution in [3.05, 3.63) is 51.1 Å². The maximum atomic E-state index is 11.5. The van der Waals surface area contributed by atoms with Gasteiger partial charge in [0.1, 0.15) is 4.60 Å². The van der Waals surface area contributed by atoms with Crippen LogP contribution in [0.5, 0.6) is 0 Å². The van der Waals surface area contributed by atoms with E-state index >= 15 is 0 Å². The van der Waals surface area contributed by atoms with Gasteiger partial charge < -0.3 is 4.98 Å². The quantitative estimate of drug-likeness (QED) is 0.831. The maximum Gasteiger partial charge on any atom is 0.331 e. The van der Waals surface area contributed by atoms with Crippen molar-refractivity contribution >= 4 is 15.9 Å². The summed E-state index contributed by atoms with van der Waals surface area (Å²) in [4.78, 5) is 14.1. The van der Waals surface area contributed by atoms with Crippen molar-refractivity contribution in [3.63, 3.8) is 0 Å². The molecule has 2 aromatic rings. The van der Waals surface area contributed by atoms with Gasteiger partial charge in [-0.1, -0.05) is 18.2 Å². The largest absolute Gasteiger partial charge is 0.331 e. The van der Waals surface area contributed by atoms with Gasteiger partial charge in [0, 0.05) is 6.20 Å². The summed E-state index contributed by atoms with van der Waals surface area (Å²) < 4.78 is 2.33. The zero-order valence-electron chi connectivity index (χ0n) is 7.62. The fraction of sp³-hybridized carbons (Fsp3) is 0.100. The van der Waals surface area contributed by atoms with Crippen LogP contribution in [0.15, 0.2) is 39.9 Å². The third-order valence-corrected chi connectivity index (χ3v) is 2.67. The fourth-order valence-corrected chi connectivity index (χ4v) is 1.85. The molecule has 3 nitrogen and oxygen atoms in total. The van der Waals surface area contributed by atoms with E-state index in [1.807, 2.05) is 31.2 Å². The van der Waals surface area contributed by atoms with Crippen LogP contribution in [-0.2, 0) is 0 Å². The number of aromatic amines is 1. The number of H-pyrrole nitrogens is 1. The van der Waals surface area contributed by atoms with E-state index in [2.05, 4.69) is 20.9 Å². The van der Waals surface area contributed by atoms with Gasteiger partial charge in [0.05, 0.1) is 5.69 Å². The molecule has 0 saturated carbocycles. The van der Waals surface area contributed by atoms with Crippen LogP contribution in [0.3, 0.4) is 0 Å². The van der Waals surface area contributed by atoms with Crippen LogP contribution in [0.4, 0.5) is 0 Å². The van der Waals surface area contributed by atoms with Crippen LogP contribution in [0, 0.1) is 6.92 Å². The van der Waals surface area contributed by atoms with E-state index < -0.39 is 0 Å². The molecule has 0 aliphatic rings. The highest BCUT2D eigenvalue weighted by Gasteiger charge is 2.06. The molecule has 2 rings (SSSR count). The topological polar surface area (TPSA) is 37.8 Å². The summed E-state index contributed by atoms with van der Waals surface area (Å²) in [6, 6.07) is 7.75. The average Bonchev–Trinajstić information content (AvgIpc) is 2.48. The Kier molecular flexibility index (Phi) is 2.29. The molecule has 1 N–H and O–H groups in total. The number of halogens is 1. The monoisotopic (exact) mass is 252 g/mol. The number of rotatable bonds is 1. The van der Waals surface area contributed by atoms with E-state index in [4.69, 9.17) is 0 Å². The molecule has 4 heteroatoms. The van der Waals surface area contributed by atoms with Crippen molar-refractivity contribution in [2.24, 2.45) is 0 Å². The molecule has 72 valence electrons. The normalized spacial score (nSPS) is 10.4. The van der Waals surface area contributed by atoms with E-state index in [0.29, 0.717) is 0 Å². The van der Waals surface area contributed by atoms with Gasteiger partial charge in [0.15, 0.2) is 0 Å². The highest BCUT2D eigenvalue weighted by Crippen LogP contribution is 2.16. The fourth-order valence-electron chi connectivity index (χ4n) is 1.39. The zero-order valence-corrected chi connectivity index (χ0v) is 9.21. The Balaban J connectivity index is 2.72. The van der Waals surface area contributed by atoms with E-state index in [1.165, 1.54) is 0 Å². The number of aryl methyl sites for hydroxylation is 1. The third-order valence-electron chi connectivity index (χ3n) is 2.09. The molecule has 1 aromatic carbocycles. The van der Waals surface area contributed by atoms with Gasteiger partial charge in [-0.25, -0.2) is 4.79 Å². The van der Waals surface area contributed by atoms with Gasteiger partial charge in [-0.15, -0.1) is 0 Å². The second-order valence-corrected chi connectivity index (χ2v) is 3.85. The van der Waals surface area contributed by atoms with E-state index in [1.54, 1.807) is 10.8 Å².